The number of hydrogen-bond donors (Lipinski definition) is 1. The minimum Gasteiger partial charge on any atom is -0.464 e. The Morgan fingerprint density at radius 1 is 1.33 bits per heavy atom. The second-order valence-corrected chi connectivity index (χ2v) is 7.01. The fraction of sp³-hybridized carbons (Fsp3) is 0.286. The highest BCUT2D eigenvalue weighted by Gasteiger charge is 2.14. The maximum atomic E-state index is 12.0. The molecule has 0 saturated heterocycles. The molecule has 2 heterocycles. The van der Waals surface area contributed by atoms with E-state index in [9.17, 15) is 9.59 Å². The minimum atomic E-state index is -0.249. The van der Waals surface area contributed by atoms with Gasteiger partial charge < -0.3 is 14.6 Å². The normalized spacial score (nSPS) is 10.4. The molecule has 1 N–H and O–H groups in total. The average molecular weight is 371 g/mol. The van der Waals surface area contributed by atoms with Crippen molar-refractivity contribution in [1.82, 2.24) is 10.2 Å². The van der Waals surface area contributed by atoms with Crippen molar-refractivity contribution in [2.45, 2.75) is 13.5 Å². The van der Waals surface area contributed by atoms with Crippen molar-refractivity contribution in [3.63, 3.8) is 0 Å². The molecule has 2 amide bonds. The van der Waals surface area contributed by atoms with Crippen LogP contribution in [0.3, 0.4) is 0 Å². The summed E-state index contributed by atoms with van der Waals surface area (Å²) in [5.74, 6) is 1.11. The van der Waals surface area contributed by atoms with Crippen LogP contribution in [0.25, 0.3) is 0 Å². The number of likely N-dealkylation sites (N-methyl/N-ethyl adjacent to an activating group) is 1. The highest BCUT2D eigenvalue weighted by molar-refractivity contribution is 9.11. The van der Waals surface area contributed by atoms with E-state index in [1.165, 1.54) is 16.2 Å². The number of nitrogens with zero attached hydrogens (tertiary/aromatic N) is 1. The number of nitrogens with one attached hydrogen (secondary N) is 1. The van der Waals surface area contributed by atoms with Crippen LogP contribution >= 0.6 is 27.3 Å². The van der Waals surface area contributed by atoms with Crippen LogP contribution in [0.4, 0.5) is 0 Å². The molecule has 0 aromatic carbocycles. The van der Waals surface area contributed by atoms with Gasteiger partial charge in [-0.1, -0.05) is 0 Å². The Balaban J connectivity index is 1.82. The lowest BCUT2D eigenvalue weighted by Gasteiger charge is -2.15. The summed E-state index contributed by atoms with van der Waals surface area (Å²) in [5.41, 5.74) is 0. The molecule has 0 unspecified atom stereocenters. The SMILES string of the molecule is Cc1ccc(CN(C)C(=O)CNC(=O)c2ccc(Br)s2)o1. The van der Waals surface area contributed by atoms with Crippen molar-refractivity contribution >= 4 is 39.1 Å². The van der Waals surface area contributed by atoms with E-state index >= 15 is 0 Å². The first-order chi connectivity index (χ1) is 9.95. The number of thiophene rings is 1. The van der Waals surface area contributed by atoms with Gasteiger partial charge in [-0.3, -0.25) is 9.59 Å². The minimum absolute atomic E-state index is 0.0372. The van der Waals surface area contributed by atoms with Crippen LogP contribution in [0.5, 0.6) is 0 Å². The van der Waals surface area contributed by atoms with Gasteiger partial charge in [-0.05, 0) is 47.1 Å². The standard InChI is InChI=1S/C14H15BrN2O3S/c1-9-3-4-10(20-9)8-17(2)13(18)7-16-14(19)11-5-6-12(15)21-11/h3-6H,7-8H2,1-2H3,(H,16,19). The van der Waals surface area contributed by atoms with Crippen LogP contribution in [-0.2, 0) is 11.3 Å². The van der Waals surface area contributed by atoms with Gasteiger partial charge >= 0.3 is 0 Å². The zero-order valence-electron chi connectivity index (χ0n) is 11.7. The molecular formula is C14H15BrN2O3S. The zero-order valence-corrected chi connectivity index (χ0v) is 14.1. The molecule has 7 heteroatoms. The fourth-order valence-electron chi connectivity index (χ4n) is 1.71. The van der Waals surface area contributed by atoms with Crippen molar-refractivity contribution in [2.24, 2.45) is 0 Å². The van der Waals surface area contributed by atoms with Crippen molar-refractivity contribution in [1.29, 1.82) is 0 Å². The summed E-state index contributed by atoms with van der Waals surface area (Å²) in [6.07, 6.45) is 0. The van der Waals surface area contributed by atoms with E-state index in [4.69, 9.17) is 4.42 Å². The number of amides is 2. The Morgan fingerprint density at radius 3 is 2.67 bits per heavy atom. The van der Waals surface area contributed by atoms with Gasteiger partial charge in [-0.15, -0.1) is 11.3 Å². The van der Waals surface area contributed by atoms with Crippen molar-refractivity contribution in [3.05, 3.63) is 44.4 Å². The number of hydrogen-bond acceptors (Lipinski definition) is 4. The molecule has 0 spiro atoms. The number of rotatable bonds is 5. The second-order valence-electron chi connectivity index (χ2n) is 4.55. The maximum absolute atomic E-state index is 12.0. The van der Waals surface area contributed by atoms with Crippen LogP contribution in [0, 0.1) is 6.92 Å². The molecule has 0 saturated carbocycles. The Labute approximate surface area is 135 Å². The van der Waals surface area contributed by atoms with Crippen LogP contribution in [0.15, 0.2) is 32.5 Å². The molecule has 0 aliphatic rings. The van der Waals surface area contributed by atoms with Crippen LogP contribution in [-0.4, -0.2) is 30.3 Å². The van der Waals surface area contributed by atoms with Gasteiger partial charge in [0.15, 0.2) is 0 Å². The number of carbonyl (C=O) groups is 2. The van der Waals surface area contributed by atoms with Gasteiger partial charge in [-0.25, -0.2) is 0 Å². The molecular weight excluding hydrogens is 356 g/mol. The van der Waals surface area contributed by atoms with Gasteiger partial charge in [0.1, 0.15) is 11.5 Å². The van der Waals surface area contributed by atoms with E-state index in [1.54, 1.807) is 19.2 Å². The van der Waals surface area contributed by atoms with Gasteiger partial charge in [0.05, 0.1) is 21.8 Å². The number of carbonyl (C=O) groups excluding carboxylic acids is 2. The highest BCUT2D eigenvalue weighted by Crippen LogP contribution is 2.21. The molecule has 112 valence electrons. The topological polar surface area (TPSA) is 62.6 Å². The number of furan rings is 1. The van der Waals surface area contributed by atoms with E-state index in [-0.39, 0.29) is 18.4 Å². The summed E-state index contributed by atoms with van der Waals surface area (Å²) >= 11 is 4.62. The van der Waals surface area contributed by atoms with E-state index < -0.39 is 0 Å². The average Bonchev–Trinajstić information content (AvgIpc) is 3.04. The van der Waals surface area contributed by atoms with E-state index in [2.05, 4.69) is 21.2 Å². The van der Waals surface area contributed by atoms with Crippen molar-refractivity contribution in [3.8, 4) is 0 Å². The fourth-order valence-corrected chi connectivity index (χ4v) is 3.01. The van der Waals surface area contributed by atoms with Gasteiger partial charge in [0.25, 0.3) is 5.91 Å². The lowest BCUT2D eigenvalue weighted by atomic mass is 10.4. The van der Waals surface area contributed by atoms with Crippen molar-refractivity contribution in [2.75, 3.05) is 13.6 Å². The number of aryl methyl sites for hydroxylation is 1. The molecule has 0 atom stereocenters. The number of halogens is 1. The lowest BCUT2D eigenvalue weighted by Crippen LogP contribution is -2.37. The first-order valence-electron chi connectivity index (χ1n) is 6.28. The largest absolute Gasteiger partial charge is 0.464 e. The maximum Gasteiger partial charge on any atom is 0.261 e. The van der Waals surface area contributed by atoms with Gasteiger partial charge in [0.2, 0.25) is 5.91 Å². The third-order valence-corrected chi connectivity index (χ3v) is 4.43. The summed E-state index contributed by atoms with van der Waals surface area (Å²) < 4.78 is 6.30. The summed E-state index contributed by atoms with van der Waals surface area (Å²) in [7, 11) is 1.67. The van der Waals surface area contributed by atoms with Gasteiger partial charge in [-0.2, -0.15) is 0 Å². The highest BCUT2D eigenvalue weighted by atomic mass is 79.9. The van der Waals surface area contributed by atoms with Crippen LogP contribution < -0.4 is 5.32 Å². The second kappa shape index (κ2) is 6.91. The predicted octanol–water partition coefficient (Wildman–Crippen LogP) is 2.80. The Morgan fingerprint density at radius 2 is 2.10 bits per heavy atom. The molecule has 21 heavy (non-hydrogen) atoms. The van der Waals surface area contributed by atoms with Crippen molar-refractivity contribution < 1.29 is 14.0 Å². The van der Waals surface area contributed by atoms with Crippen LogP contribution in [0.1, 0.15) is 21.2 Å². The summed E-state index contributed by atoms with van der Waals surface area (Å²) in [4.78, 5) is 25.9. The monoisotopic (exact) mass is 370 g/mol. The Kier molecular flexibility index (Phi) is 5.19. The summed E-state index contributed by atoms with van der Waals surface area (Å²) in [6, 6.07) is 7.20. The van der Waals surface area contributed by atoms with Gasteiger partial charge in [0, 0.05) is 7.05 Å². The third kappa shape index (κ3) is 4.44. The molecule has 2 aromatic heterocycles. The molecule has 0 bridgehead atoms. The summed E-state index contributed by atoms with van der Waals surface area (Å²) in [6.45, 7) is 2.20. The van der Waals surface area contributed by atoms with Crippen LogP contribution in [0.2, 0.25) is 0 Å². The quantitative estimate of drug-likeness (QED) is 0.879. The molecule has 5 nitrogen and oxygen atoms in total. The molecule has 2 aromatic rings. The van der Waals surface area contributed by atoms with E-state index in [0.29, 0.717) is 11.4 Å². The lowest BCUT2D eigenvalue weighted by molar-refractivity contribution is -0.129. The zero-order chi connectivity index (χ0) is 15.4. The Hall–Kier alpha value is -1.60. The molecule has 2 rings (SSSR count). The molecule has 0 fully saturated rings. The molecule has 0 radical (unpaired) electrons. The smallest absolute Gasteiger partial charge is 0.261 e. The third-order valence-electron chi connectivity index (χ3n) is 2.81. The molecule has 0 aliphatic heterocycles. The first kappa shape index (κ1) is 15.8. The first-order valence-corrected chi connectivity index (χ1v) is 7.89. The Bertz CT molecular complexity index is 650. The van der Waals surface area contributed by atoms with E-state index in [1.807, 2.05) is 19.1 Å². The predicted molar refractivity (Wildman–Crippen MR) is 84.3 cm³/mol. The molecule has 0 aliphatic carbocycles. The van der Waals surface area contributed by atoms with E-state index in [0.717, 1.165) is 15.3 Å². The summed E-state index contributed by atoms with van der Waals surface area (Å²) in [5, 5.41) is 2.61.